The minimum absolute atomic E-state index is 0. The third-order valence-electron chi connectivity index (χ3n) is 4.48. The minimum Gasteiger partial charge on any atom is -0.741 e. The summed E-state index contributed by atoms with van der Waals surface area (Å²) in [5.41, 5.74) is -5.94. The molecule has 1 aromatic rings. The van der Waals surface area contributed by atoms with E-state index in [0.29, 0.717) is 0 Å². The molecule has 0 bridgehead atoms. The quantitative estimate of drug-likeness (QED) is 0.146. The first-order valence-electron chi connectivity index (χ1n) is 8.84. The van der Waals surface area contributed by atoms with Gasteiger partial charge >= 0.3 is 29.4 Å². The molecular formula is C18H20CuF6N6S2. The fourth-order valence-electron chi connectivity index (χ4n) is 2.76. The Bertz CT molecular complexity index is 1000. The van der Waals surface area contributed by atoms with Gasteiger partial charge in [0, 0.05) is 19.7 Å². The minimum atomic E-state index is -5.37. The van der Waals surface area contributed by atoms with Gasteiger partial charge in [-0.15, -0.1) is 5.10 Å². The van der Waals surface area contributed by atoms with Gasteiger partial charge in [-0.2, -0.15) is 41.6 Å². The summed E-state index contributed by atoms with van der Waals surface area (Å²) in [6.07, 6.45) is -10.7. The van der Waals surface area contributed by atoms with Crippen LogP contribution in [-0.2, 0) is 54.7 Å². The van der Waals surface area contributed by atoms with Gasteiger partial charge in [-0.05, 0) is 54.7 Å². The van der Waals surface area contributed by atoms with Crippen molar-refractivity contribution in [3.05, 3.63) is 33.4 Å². The zero-order valence-electron chi connectivity index (χ0n) is 18.2. The fourth-order valence-corrected chi connectivity index (χ4v) is 2.84. The van der Waals surface area contributed by atoms with Crippen molar-refractivity contribution in [2.24, 2.45) is 20.4 Å². The van der Waals surface area contributed by atoms with Crippen molar-refractivity contribution >= 4 is 47.0 Å². The first kappa shape index (κ1) is 31.0. The second kappa shape index (κ2) is 12.0. The van der Waals surface area contributed by atoms with Gasteiger partial charge in [0.15, 0.2) is 0 Å². The molecule has 0 unspecified atom stereocenters. The predicted molar refractivity (Wildman–Crippen MR) is 118 cm³/mol. The third kappa shape index (κ3) is 7.52. The van der Waals surface area contributed by atoms with Crippen LogP contribution in [0, 0.1) is 20.8 Å². The molecule has 0 heterocycles. The van der Waals surface area contributed by atoms with Gasteiger partial charge in [0.2, 0.25) is 0 Å². The average Bonchev–Trinajstić information content (AvgIpc) is 2.68. The average molecular weight is 562 g/mol. The molecule has 0 atom stereocenters. The molecule has 0 aromatic heterocycles. The van der Waals surface area contributed by atoms with Gasteiger partial charge in [-0.3, -0.25) is 0 Å². The number of amidine groups is 2. The van der Waals surface area contributed by atoms with Crippen LogP contribution >= 0.6 is 0 Å². The van der Waals surface area contributed by atoms with Crippen LogP contribution in [0.2, 0.25) is 0 Å². The first-order valence-corrected chi connectivity index (χ1v) is 9.65. The second-order valence-electron chi connectivity index (χ2n) is 6.44. The van der Waals surface area contributed by atoms with E-state index in [4.69, 9.17) is 25.3 Å². The Balaban J connectivity index is 0.0000102. The Labute approximate surface area is 208 Å². The monoisotopic (exact) mass is 561 g/mol. The van der Waals surface area contributed by atoms with Crippen LogP contribution in [0.1, 0.15) is 40.3 Å². The van der Waals surface area contributed by atoms with Gasteiger partial charge < -0.3 is 35.9 Å². The maximum Gasteiger partial charge on any atom is 2.00 e. The van der Waals surface area contributed by atoms with Crippen LogP contribution in [0.15, 0.2) is 20.4 Å². The maximum absolute atomic E-state index is 14.1. The van der Waals surface area contributed by atoms with E-state index >= 15 is 0 Å². The summed E-state index contributed by atoms with van der Waals surface area (Å²) in [6.45, 7) is 4.77. The van der Waals surface area contributed by atoms with E-state index in [1.807, 2.05) is 0 Å². The molecule has 0 saturated carbocycles. The number of benzene rings is 1. The summed E-state index contributed by atoms with van der Waals surface area (Å²) in [5.74, 6) is 0. The first-order chi connectivity index (χ1) is 14.6. The van der Waals surface area contributed by atoms with Crippen molar-refractivity contribution in [1.82, 2.24) is 10.6 Å². The summed E-state index contributed by atoms with van der Waals surface area (Å²) in [6, 6.07) is 0. The van der Waals surface area contributed by atoms with Crippen molar-refractivity contribution in [3.8, 4) is 0 Å². The third-order valence-corrected chi connectivity index (χ3v) is 5.05. The van der Waals surface area contributed by atoms with Crippen LogP contribution < -0.4 is 10.6 Å². The van der Waals surface area contributed by atoms with Gasteiger partial charge in [0.25, 0.3) is 0 Å². The molecule has 15 heteroatoms. The van der Waals surface area contributed by atoms with Gasteiger partial charge in [-0.25, -0.2) is 0 Å². The molecule has 2 N–H and O–H groups in total. The van der Waals surface area contributed by atoms with Crippen molar-refractivity contribution in [2.75, 3.05) is 14.1 Å². The molecule has 33 heavy (non-hydrogen) atoms. The summed E-state index contributed by atoms with van der Waals surface area (Å²) < 4.78 is 83.6. The number of rotatable bonds is 4. The van der Waals surface area contributed by atoms with E-state index in [1.165, 1.54) is 34.9 Å². The maximum atomic E-state index is 14.1. The Morgan fingerprint density at radius 2 is 1.12 bits per heavy atom. The van der Waals surface area contributed by atoms with E-state index in [-0.39, 0.29) is 44.2 Å². The van der Waals surface area contributed by atoms with E-state index in [1.54, 1.807) is 0 Å². The summed E-state index contributed by atoms with van der Waals surface area (Å²) >= 11 is 9.64. The van der Waals surface area contributed by atoms with Crippen LogP contribution in [0.5, 0.6) is 0 Å². The van der Waals surface area contributed by atoms with Gasteiger partial charge in [0.1, 0.15) is 5.71 Å². The number of halogens is 6. The smallest absolute Gasteiger partial charge is 0.741 e. The van der Waals surface area contributed by atoms with Crippen LogP contribution in [0.3, 0.4) is 0 Å². The molecule has 0 aliphatic rings. The van der Waals surface area contributed by atoms with Gasteiger partial charge in [-0.1, -0.05) is 0 Å². The predicted octanol–water partition coefficient (Wildman–Crippen LogP) is 3.97. The zero-order chi connectivity index (χ0) is 25.0. The van der Waals surface area contributed by atoms with Crippen LogP contribution in [-0.4, -0.2) is 35.9 Å². The van der Waals surface area contributed by atoms with Crippen LogP contribution in [0.25, 0.3) is 0 Å². The molecule has 0 saturated heterocycles. The molecule has 1 rings (SSSR count). The topological polar surface area (TPSA) is 73.5 Å². The molecule has 1 radical (unpaired) electrons. The fraction of sp³-hybridized carbons (Fsp3) is 0.444. The Hall–Kier alpha value is -1.96. The molecule has 0 amide bonds. The normalized spacial score (nSPS) is 14.2. The molecule has 0 spiro atoms. The molecule has 187 valence electrons. The number of alkyl halides is 6. The Morgan fingerprint density at radius 1 is 0.697 bits per heavy atom. The summed E-state index contributed by atoms with van der Waals surface area (Å²) in [4.78, 5) is 0. The molecular weight excluding hydrogens is 542 g/mol. The number of nitrogens with one attached hydrogen (secondary N) is 2. The zero-order valence-corrected chi connectivity index (χ0v) is 20.7. The van der Waals surface area contributed by atoms with E-state index in [0.717, 1.165) is 6.92 Å². The Morgan fingerprint density at radius 3 is 1.52 bits per heavy atom. The molecule has 6 nitrogen and oxygen atoms in total. The summed E-state index contributed by atoms with van der Waals surface area (Å²) in [5, 5.41) is 19.2. The SMILES string of the molecule is CNC([S-])=NN=C(C)C(=NN=C([S-])NC)c1c(C)c(C)c(C)c(C(F)(F)F)c1C(F)(F)F.[Cu+2]. The second-order valence-corrected chi connectivity index (χ2v) is 7.21. The van der Waals surface area contributed by atoms with Crippen molar-refractivity contribution < 1.29 is 43.4 Å². The number of hydrogen-bond donors (Lipinski definition) is 2. The summed E-state index contributed by atoms with van der Waals surface area (Å²) in [7, 11) is 2.84. The van der Waals surface area contributed by atoms with Crippen molar-refractivity contribution in [2.45, 2.75) is 40.0 Å². The van der Waals surface area contributed by atoms with Crippen molar-refractivity contribution in [3.63, 3.8) is 0 Å². The number of hydrogen-bond acceptors (Lipinski definition) is 6. The molecule has 0 aliphatic carbocycles. The van der Waals surface area contributed by atoms with E-state index < -0.39 is 40.3 Å². The van der Waals surface area contributed by atoms with Crippen LogP contribution in [0.4, 0.5) is 26.3 Å². The van der Waals surface area contributed by atoms with E-state index in [9.17, 15) is 26.3 Å². The molecule has 1 aromatic carbocycles. The van der Waals surface area contributed by atoms with E-state index in [2.05, 4.69) is 31.0 Å². The van der Waals surface area contributed by atoms with Crippen molar-refractivity contribution in [1.29, 1.82) is 0 Å². The van der Waals surface area contributed by atoms with Gasteiger partial charge in [0.05, 0.1) is 16.8 Å². The molecule has 0 fully saturated rings. The molecule has 0 aliphatic heterocycles. The Kier molecular flexibility index (Phi) is 11.2. The standard InChI is InChI=1S/C18H22F6N6S2.Cu/c1-7-8(2)11(13(18(22,23)24)12(9(7)3)17(19,20)21)14(28-30-16(32)26-6)10(4)27-29-15(31)25-5;/h1-6H3,(H2,25,29,31)(H2,26,30,32);/q;+2/p-2. The number of nitrogens with zero attached hydrogens (tertiary/aromatic N) is 4. The largest absolute Gasteiger partial charge is 2.00 e.